The molecule has 2 atom stereocenters. The summed E-state index contributed by atoms with van der Waals surface area (Å²) in [6.45, 7) is 2.43. The van der Waals surface area contributed by atoms with Crippen LogP contribution in [0.2, 0.25) is 4.34 Å². The minimum absolute atomic E-state index is 0.0641. The molecule has 1 N–H and O–H groups in total. The van der Waals surface area contributed by atoms with Gasteiger partial charge >= 0.3 is 0 Å². The van der Waals surface area contributed by atoms with Crippen molar-refractivity contribution in [2.24, 2.45) is 0 Å². The van der Waals surface area contributed by atoms with Gasteiger partial charge in [-0.2, -0.15) is 0 Å². The Labute approximate surface area is 191 Å². The smallest absolute Gasteiger partial charge is 0.261 e. The number of carbonyl (C=O) groups is 2. The standard InChI is InChI=1S/C23H27ClN4O2S/c1-26(2)13-23(10-11-23)15-3-5-16(6-4-15)28-14-27-12-9-17(20(27)22(28)30)25-21(29)18-7-8-19(24)31-18/h3-8,17,20H,9-14H2,1-2H3,(H,25,29)/t17-,20+/m1/s1. The average Bonchev–Trinajstić information content (AvgIpc) is 3.06. The van der Waals surface area contributed by atoms with Crippen LogP contribution in [0.3, 0.4) is 0 Å². The molecule has 1 aromatic heterocycles. The molecule has 0 unspecified atom stereocenters. The summed E-state index contributed by atoms with van der Waals surface area (Å²) in [6, 6.07) is 11.5. The van der Waals surface area contributed by atoms with Crippen molar-refractivity contribution in [2.45, 2.75) is 36.8 Å². The summed E-state index contributed by atoms with van der Waals surface area (Å²) >= 11 is 7.21. The fourth-order valence-electron chi connectivity index (χ4n) is 5.08. The van der Waals surface area contributed by atoms with E-state index in [9.17, 15) is 9.59 Å². The molecule has 2 saturated heterocycles. The summed E-state index contributed by atoms with van der Waals surface area (Å²) in [4.78, 5) is 32.7. The molecule has 1 aliphatic carbocycles. The molecule has 0 spiro atoms. The Bertz CT molecular complexity index is 1000. The van der Waals surface area contributed by atoms with Gasteiger partial charge < -0.3 is 10.2 Å². The zero-order chi connectivity index (χ0) is 21.8. The van der Waals surface area contributed by atoms with Gasteiger partial charge in [-0.15, -0.1) is 11.3 Å². The van der Waals surface area contributed by atoms with Gasteiger partial charge in [-0.25, -0.2) is 0 Å². The van der Waals surface area contributed by atoms with E-state index >= 15 is 0 Å². The van der Waals surface area contributed by atoms with Gasteiger partial charge in [0.25, 0.3) is 5.91 Å². The minimum atomic E-state index is -0.303. The molecule has 2 amide bonds. The maximum atomic E-state index is 13.3. The molecule has 164 valence electrons. The van der Waals surface area contributed by atoms with E-state index in [1.54, 1.807) is 12.1 Å². The Morgan fingerprint density at radius 3 is 2.58 bits per heavy atom. The maximum absolute atomic E-state index is 13.3. The van der Waals surface area contributed by atoms with E-state index in [0.29, 0.717) is 15.9 Å². The van der Waals surface area contributed by atoms with E-state index in [0.717, 1.165) is 25.2 Å². The molecule has 8 heteroatoms. The highest BCUT2D eigenvalue weighted by Gasteiger charge is 2.48. The van der Waals surface area contributed by atoms with Crippen molar-refractivity contribution in [1.29, 1.82) is 0 Å². The maximum Gasteiger partial charge on any atom is 0.261 e. The van der Waals surface area contributed by atoms with Gasteiger partial charge in [0.05, 0.1) is 21.9 Å². The molecule has 2 aliphatic heterocycles. The second-order valence-electron chi connectivity index (χ2n) is 9.20. The lowest BCUT2D eigenvalue weighted by atomic mass is 9.95. The van der Waals surface area contributed by atoms with E-state index in [1.165, 1.54) is 29.7 Å². The lowest BCUT2D eigenvalue weighted by Crippen LogP contribution is -2.46. The van der Waals surface area contributed by atoms with Crippen molar-refractivity contribution < 1.29 is 9.59 Å². The zero-order valence-electron chi connectivity index (χ0n) is 17.8. The third-order valence-corrected chi connectivity index (χ3v) is 7.95. The van der Waals surface area contributed by atoms with Crippen molar-refractivity contribution in [2.75, 3.05) is 38.8 Å². The Kier molecular flexibility index (Phi) is 5.33. The molecule has 31 heavy (non-hydrogen) atoms. The fourth-order valence-corrected chi connectivity index (χ4v) is 6.03. The molecule has 3 fully saturated rings. The summed E-state index contributed by atoms with van der Waals surface area (Å²) in [6.07, 6.45) is 3.22. The quantitative estimate of drug-likeness (QED) is 0.722. The highest BCUT2D eigenvalue weighted by atomic mass is 35.5. The Morgan fingerprint density at radius 2 is 1.97 bits per heavy atom. The van der Waals surface area contributed by atoms with E-state index in [1.807, 2.05) is 4.90 Å². The van der Waals surface area contributed by atoms with Gasteiger partial charge in [-0.05, 0) is 63.2 Å². The first-order valence-corrected chi connectivity index (χ1v) is 11.9. The third-order valence-electron chi connectivity index (χ3n) is 6.72. The number of hydrogen-bond donors (Lipinski definition) is 1. The lowest BCUT2D eigenvalue weighted by Gasteiger charge is -2.23. The molecule has 6 nitrogen and oxygen atoms in total. The number of benzene rings is 1. The van der Waals surface area contributed by atoms with Gasteiger partial charge in [0.1, 0.15) is 6.04 Å². The molecule has 1 saturated carbocycles. The van der Waals surface area contributed by atoms with Crippen LogP contribution in [-0.2, 0) is 10.2 Å². The van der Waals surface area contributed by atoms with E-state index in [2.05, 4.69) is 53.5 Å². The van der Waals surface area contributed by atoms with Crippen LogP contribution >= 0.6 is 22.9 Å². The Balaban J connectivity index is 1.28. The number of nitrogens with zero attached hydrogens (tertiary/aromatic N) is 3. The van der Waals surface area contributed by atoms with Crippen LogP contribution < -0.4 is 10.2 Å². The molecule has 2 aromatic rings. The second-order valence-corrected chi connectivity index (χ2v) is 10.9. The van der Waals surface area contributed by atoms with Crippen LogP contribution in [0.15, 0.2) is 36.4 Å². The third kappa shape index (κ3) is 3.89. The number of thiophene rings is 1. The number of amides is 2. The van der Waals surface area contributed by atoms with Crippen LogP contribution in [0, 0.1) is 0 Å². The lowest BCUT2D eigenvalue weighted by molar-refractivity contribution is -0.119. The predicted octanol–water partition coefficient (Wildman–Crippen LogP) is 3.17. The van der Waals surface area contributed by atoms with Crippen LogP contribution in [-0.4, -0.2) is 67.6 Å². The minimum Gasteiger partial charge on any atom is -0.346 e. The highest BCUT2D eigenvalue weighted by Crippen LogP contribution is 2.48. The van der Waals surface area contributed by atoms with E-state index in [4.69, 9.17) is 11.6 Å². The Hall–Kier alpha value is -1.93. The molecule has 0 bridgehead atoms. The van der Waals surface area contributed by atoms with Crippen molar-refractivity contribution in [3.8, 4) is 0 Å². The van der Waals surface area contributed by atoms with E-state index < -0.39 is 0 Å². The van der Waals surface area contributed by atoms with Crippen molar-refractivity contribution >= 4 is 40.4 Å². The number of carbonyl (C=O) groups excluding carboxylic acids is 2. The van der Waals surface area contributed by atoms with Gasteiger partial charge in [0.2, 0.25) is 5.91 Å². The first kappa shape index (κ1) is 20.9. The number of hydrogen-bond acceptors (Lipinski definition) is 5. The van der Waals surface area contributed by atoms with Crippen LogP contribution in [0.25, 0.3) is 0 Å². The molecule has 3 aliphatic rings. The van der Waals surface area contributed by atoms with Crippen molar-refractivity contribution in [3.63, 3.8) is 0 Å². The normalized spacial score (nSPS) is 24.6. The summed E-state index contributed by atoms with van der Waals surface area (Å²) in [5.74, 6) is -0.0934. The largest absolute Gasteiger partial charge is 0.346 e. The number of rotatable bonds is 6. The van der Waals surface area contributed by atoms with Crippen LogP contribution in [0.5, 0.6) is 0 Å². The number of nitrogens with one attached hydrogen (secondary N) is 1. The van der Waals surface area contributed by atoms with Gasteiger partial charge in [-0.3, -0.25) is 19.4 Å². The van der Waals surface area contributed by atoms with Gasteiger partial charge in [0, 0.05) is 24.2 Å². The number of fused-ring (bicyclic) bond motifs is 1. The topological polar surface area (TPSA) is 55.9 Å². The molecular formula is C23H27ClN4O2S. The number of likely N-dealkylation sites (N-methyl/N-ethyl adjacent to an activating group) is 1. The summed E-state index contributed by atoms with van der Waals surface area (Å²) < 4.78 is 0.586. The molecule has 3 heterocycles. The fraction of sp³-hybridized carbons (Fsp3) is 0.478. The second kappa shape index (κ2) is 7.89. The SMILES string of the molecule is CN(C)CC1(c2ccc(N3CN4CC[C@@H](NC(=O)c5ccc(Cl)s5)[C@H]4C3=O)cc2)CC1. The number of halogens is 1. The van der Waals surface area contributed by atoms with Crippen molar-refractivity contribution in [1.82, 2.24) is 15.1 Å². The first-order valence-electron chi connectivity index (χ1n) is 10.7. The van der Waals surface area contributed by atoms with Crippen LogP contribution in [0.4, 0.5) is 5.69 Å². The number of anilines is 1. The summed E-state index contributed by atoms with van der Waals surface area (Å²) in [5.41, 5.74) is 2.56. The average molecular weight is 459 g/mol. The first-order chi connectivity index (χ1) is 14.9. The molecular weight excluding hydrogens is 432 g/mol. The summed E-state index contributed by atoms with van der Waals surface area (Å²) in [5, 5.41) is 3.06. The molecule has 0 radical (unpaired) electrons. The van der Waals surface area contributed by atoms with Gasteiger partial charge in [0.15, 0.2) is 0 Å². The van der Waals surface area contributed by atoms with E-state index in [-0.39, 0.29) is 29.3 Å². The zero-order valence-corrected chi connectivity index (χ0v) is 19.4. The molecule has 1 aromatic carbocycles. The predicted molar refractivity (Wildman–Crippen MR) is 124 cm³/mol. The monoisotopic (exact) mass is 458 g/mol. The highest BCUT2D eigenvalue weighted by molar-refractivity contribution is 7.18. The summed E-state index contributed by atoms with van der Waals surface area (Å²) in [7, 11) is 4.24. The Morgan fingerprint density at radius 1 is 1.23 bits per heavy atom. The van der Waals surface area contributed by atoms with Crippen molar-refractivity contribution in [3.05, 3.63) is 51.2 Å². The van der Waals surface area contributed by atoms with Crippen LogP contribution in [0.1, 0.15) is 34.5 Å². The molecule has 5 rings (SSSR count). The van der Waals surface area contributed by atoms with Gasteiger partial charge in [-0.1, -0.05) is 23.7 Å².